The molecular weight excluding hydrogens is 234 g/mol. The van der Waals surface area contributed by atoms with Gasteiger partial charge >= 0.3 is 0 Å². The molecule has 0 saturated carbocycles. The van der Waals surface area contributed by atoms with E-state index in [1.54, 1.807) is 0 Å². The van der Waals surface area contributed by atoms with Crippen LogP contribution in [-0.4, -0.2) is 19.7 Å². The lowest BCUT2D eigenvalue weighted by Gasteiger charge is -2.14. The first-order chi connectivity index (χ1) is 9.31. The SMILES string of the molecule is CNC(C)CCOc1ccccc1-c1ccccc1. The van der Waals surface area contributed by atoms with Crippen LogP contribution in [0, 0.1) is 0 Å². The molecule has 1 N–H and O–H groups in total. The van der Waals surface area contributed by atoms with E-state index in [-0.39, 0.29) is 0 Å². The summed E-state index contributed by atoms with van der Waals surface area (Å²) in [6.45, 7) is 2.89. The predicted molar refractivity (Wildman–Crippen MR) is 80.5 cm³/mol. The first-order valence-electron chi connectivity index (χ1n) is 6.76. The lowest BCUT2D eigenvalue weighted by molar-refractivity contribution is 0.294. The van der Waals surface area contributed by atoms with Gasteiger partial charge in [0, 0.05) is 11.6 Å². The van der Waals surface area contributed by atoms with Crippen molar-refractivity contribution < 1.29 is 4.74 Å². The number of hydrogen-bond donors (Lipinski definition) is 1. The van der Waals surface area contributed by atoms with Crippen molar-refractivity contribution in [3.8, 4) is 16.9 Å². The van der Waals surface area contributed by atoms with Gasteiger partial charge in [0.15, 0.2) is 0 Å². The minimum Gasteiger partial charge on any atom is -0.493 e. The predicted octanol–water partition coefficient (Wildman–Crippen LogP) is 3.73. The maximum atomic E-state index is 5.92. The molecule has 100 valence electrons. The molecule has 1 unspecified atom stereocenters. The quantitative estimate of drug-likeness (QED) is 0.849. The van der Waals surface area contributed by atoms with E-state index in [1.807, 2.05) is 31.3 Å². The number of ether oxygens (including phenoxy) is 1. The van der Waals surface area contributed by atoms with E-state index < -0.39 is 0 Å². The van der Waals surface area contributed by atoms with Crippen LogP contribution in [0.3, 0.4) is 0 Å². The van der Waals surface area contributed by atoms with Gasteiger partial charge in [-0.05, 0) is 32.0 Å². The van der Waals surface area contributed by atoms with Crippen molar-refractivity contribution in [2.75, 3.05) is 13.7 Å². The van der Waals surface area contributed by atoms with Crippen molar-refractivity contribution in [2.45, 2.75) is 19.4 Å². The molecule has 2 aromatic carbocycles. The van der Waals surface area contributed by atoms with Gasteiger partial charge in [0.2, 0.25) is 0 Å². The number of rotatable bonds is 6. The molecule has 2 heteroatoms. The molecule has 2 aromatic rings. The first-order valence-corrected chi connectivity index (χ1v) is 6.76. The highest BCUT2D eigenvalue weighted by Crippen LogP contribution is 2.29. The lowest BCUT2D eigenvalue weighted by Crippen LogP contribution is -2.23. The molecule has 0 aromatic heterocycles. The minimum absolute atomic E-state index is 0.476. The third kappa shape index (κ3) is 3.83. The van der Waals surface area contributed by atoms with Gasteiger partial charge in [-0.2, -0.15) is 0 Å². The molecule has 2 nitrogen and oxygen atoms in total. The van der Waals surface area contributed by atoms with E-state index >= 15 is 0 Å². The molecule has 2 rings (SSSR count). The Labute approximate surface area is 115 Å². The second-order valence-electron chi connectivity index (χ2n) is 4.69. The standard InChI is InChI=1S/C17H21NO/c1-14(18-2)12-13-19-17-11-7-6-10-16(17)15-8-4-3-5-9-15/h3-11,14,18H,12-13H2,1-2H3. The van der Waals surface area contributed by atoms with Crippen LogP contribution in [0.15, 0.2) is 54.6 Å². The lowest BCUT2D eigenvalue weighted by atomic mass is 10.1. The number of para-hydroxylation sites is 1. The zero-order valence-corrected chi connectivity index (χ0v) is 11.6. The third-order valence-electron chi connectivity index (χ3n) is 3.27. The van der Waals surface area contributed by atoms with E-state index in [0.29, 0.717) is 6.04 Å². The van der Waals surface area contributed by atoms with Gasteiger partial charge in [-0.25, -0.2) is 0 Å². The molecule has 19 heavy (non-hydrogen) atoms. The molecule has 0 aliphatic carbocycles. The Morgan fingerprint density at radius 2 is 1.68 bits per heavy atom. The summed E-state index contributed by atoms with van der Waals surface area (Å²) in [5.74, 6) is 0.956. The number of benzene rings is 2. The Kier molecular flexibility index (Phi) is 4.99. The van der Waals surface area contributed by atoms with Crippen LogP contribution in [0.4, 0.5) is 0 Å². The topological polar surface area (TPSA) is 21.3 Å². The highest BCUT2D eigenvalue weighted by atomic mass is 16.5. The van der Waals surface area contributed by atoms with Crippen molar-refractivity contribution in [1.29, 1.82) is 0 Å². The van der Waals surface area contributed by atoms with Crippen molar-refractivity contribution >= 4 is 0 Å². The van der Waals surface area contributed by atoms with Crippen molar-refractivity contribution in [3.05, 3.63) is 54.6 Å². The van der Waals surface area contributed by atoms with Crippen LogP contribution in [0.25, 0.3) is 11.1 Å². The molecular formula is C17H21NO. The highest BCUT2D eigenvalue weighted by molar-refractivity contribution is 5.70. The molecule has 0 saturated heterocycles. The summed E-state index contributed by atoms with van der Waals surface area (Å²) >= 11 is 0. The second kappa shape index (κ2) is 6.95. The van der Waals surface area contributed by atoms with Gasteiger partial charge in [0.25, 0.3) is 0 Å². The van der Waals surface area contributed by atoms with Gasteiger partial charge in [-0.3, -0.25) is 0 Å². The summed E-state index contributed by atoms with van der Waals surface area (Å²) in [5, 5.41) is 3.22. The van der Waals surface area contributed by atoms with Crippen LogP contribution in [0.1, 0.15) is 13.3 Å². The van der Waals surface area contributed by atoms with E-state index in [1.165, 1.54) is 5.56 Å². The zero-order chi connectivity index (χ0) is 13.5. The molecule has 0 radical (unpaired) electrons. The Morgan fingerprint density at radius 3 is 2.42 bits per heavy atom. The summed E-state index contributed by atoms with van der Waals surface area (Å²) in [6, 6.07) is 19.0. The highest BCUT2D eigenvalue weighted by Gasteiger charge is 2.05. The molecule has 0 spiro atoms. The van der Waals surface area contributed by atoms with E-state index in [2.05, 4.69) is 42.6 Å². The number of nitrogens with one attached hydrogen (secondary N) is 1. The summed E-state index contributed by atoms with van der Waals surface area (Å²) < 4.78 is 5.92. The van der Waals surface area contributed by atoms with E-state index in [9.17, 15) is 0 Å². The van der Waals surface area contributed by atoms with Gasteiger partial charge in [0.1, 0.15) is 5.75 Å². The molecule has 0 fully saturated rings. The Hall–Kier alpha value is -1.80. The summed E-state index contributed by atoms with van der Waals surface area (Å²) in [6.07, 6.45) is 1.000. The Balaban J connectivity index is 2.09. The molecule has 0 bridgehead atoms. The largest absolute Gasteiger partial charge is 0.493 e. The molecule has 1 atom stereocenters. The first kappa shape index (κ1) is 13.6. The maximum Gasteiger partial charge on any atom is 0.127 e. The summed E-state index contributed by atoms with van der Waals surface area (Å²) in [5.41, 5.74) is 2.35. The maximum absolute atomic E-state index is 5.92. The molecule has 0 aliphatic heterocycles. The van der Waals surface area contributed by atoms with Gasteiger partial charge in [0.05, 0.1) is 6.61 Å². The van der Waals surface area contributed by atoms with Crippen LogP contribution in [0.5, 0.6) is 5.75 Å². The summed E-state index contributed by atoms with van der Waals surface area (Å²) in [7, 11) is 1.97. The van der Waals surface area contributed by atoms with Gasteiger partial charge < -0.3 is 10.1 Å². The monoisotopic (exact) mass is 255 g/mol. The molecule has 0 amide bonds. The molecule has 0 aliphatic rings. The van der Waals surface area contributed by atoms with E-state index in [4.69, 9.17) is 4.74 Å². The van der Waals surface area contributed by atoms with Crippen LogP contribution < -0.4 is 10.1 Å². The van der Waals surface area contributed by atoms with Crippen LogP contribution in [0.2, 0.25) is 0 Å². The van der Waals surface area contributed by atoms with Gasteiger partial charge in [-0.15, -0.1) is 0 Å². The fourth-order valence-corrected chi connectivity index (χ4v) is 1.94. The third-order valence-corrected chi connectivity index (χ3v) is 3.27. The van der Waals surface area contributed by atoms with Crippen LogP contribution in [-0.2, 0) is 0 Å². The Bertz CT molecular complexity index is 496. The minimum atomic E-state index is 0.476. The fraction of sp³-hybridized carbons (Fsp3) is 0.294. The fourth-order valence-electron chi connectivity index (χ4n) is 1.94. The average molecular weight is 255 g/mol. The van der Waals surface area contributed by atoms with Crippen LogP contribution >= 0.6 is 0 Å². The molecule has 0 heterocycles. The van der Waals surface area contributed by atoms with E-state index in [0.717, 1.165) is 24.3 Å². The normalized spacial score (nSPS) is 12.1. The average Bonchev–Trinajstić information content (AvgIpc) is 2.48. The smallest absolute Gasteiger partial charge is 0.127 e. The second-order valence-corrected chi connectivity index (χ2v) is 4.69. The van der Waals surface area contributed by atoms with Crippen molar-refractivity contribution in [2.24, 2.45) is 0 Å². The zero-order valence-electron chi connectivity index (χ0n) is 11.6. The Morgan fingerprint density at radius 1 is 1.00 bits per heavy atom. The van der Waals surface area contributed by atoms with Crippen molar-refractivity contribution in [3.63, 3.8) is 0 Å². The summed E-state index contributed by atoms with van der Waals surface area (Å²) in [4.78, 5) is 0. The van der Waals surface area contributed by atoms with Crippen molar-refractivity contribution in [1.82, 2.24) is 5.32 Å². The van der Waals surface area contributed by atoms with Gasteiger partial charge in [-0.1, -0.05) is 48.5 Å². The number of hydrogen-bond acceptors (Lipinski definition) is 2.